The van der Waals surface area contributed by atoms with Crippen LogP contribution in [0.3, 0.4) is 0 Å². The molecule has 2 heterocycles. The number of sulfonamides is 1. The predicted octanol–water partition coefficient (Wildman–Crippen LogP) is 3.39. The molecule has 13 heteroatoms. The second-order valence-corrected chi connectivity index (χ2v) is 12.8. The van der Waals surface area contributed by atoms with E-state index in [1.54, 1.807) is 0 Å². The van der Waals surface area contributed by atoms with Gasteiger partial charge < -0.3 is 15.7 Å². The second kappa shape index (κ2) is 10.1. The third kappa shape index (κ3) is 5.58. The van der Waals surface area contributed by atoms with Gasteiger partial charge in [0.1, 0.15) is 11.8 Å². The molecule has 1 aromatic carbocycles. The number of aliphatic hydroxyl groups excluding tert-OH is 1. The number of anilines is 2. The lowest BCUT2D eigenvalue weighted by atomic mass is 9.91. The van der Waals surface area contributed by atoms with Gasteiger partial charge >= 0.3 is 0 Å². The Balaban J connectivity index is 1.65. The number of halogens is 2. The van der Waals surface area contributed by atoms with E-state index < -0.39 is 40.3 Å². The first-order chi connectivity index (χ1) is 18.5. The number of amides is 1. The minimum Gasteiger partial charge on any atom is -0.395 e. The third-order valence-corrected chi connectivity index (χ3v) is 9.56. The number of piperidine rings is 1. The summed E-state index contributed by atoms with van der Waals surface area (Å²) < 4.78 is 57.0. The van der Waals surface area contributed by atoms with Gasteiger partial charge in [-0.05, 0) is 56.1 Å². The second-order valence-electron chi connectivity index (χ2n) is 10.9. The highest BCUT2D eigenvalue weighted by atomic mass is 32.2. The Labute approximate surface area is 225 Å². The minimum atomic E-state index is -3.96. The summed E-state index contributed by atoms with van der Waals surface area (Å²) in [5, 5.41) is 23.8. The van der Waals surface area contributed by atoms with Crippen LogP contribution in [0.15, 0.2) is 18.2 Å². The number of aliphatic hydroxyl groups is 1. The molecule has 1 saturated heterocycles. The standard InChI is InChI=1S/C26H32F2N6O4S/c27-26(28)5-3-17(4-6-26)34-18(16-29)15-21(31-34)22-20(32-39(37,38)14-13-35)2-1-19(24(30)36)23(22)33-11-9-25(7-8-25)10-12-33/h1-2,15,17,32,35H,3-14H2,(H2,30,36). The number of carbonyl (C=O) groups is 1. The van der Waals surface area contributed by atoms with Crippen LogP contribution in [0.1, 0.15) is 73.5 Å². The van der Waals surface area contributed by atoms with Crippen LogP contribution in [0, 0.1) is 16.7 Å². The van der Waals surface area contributed by atoms with Gasteiger partial charge in [-0.2, -0.15) is 10.4 Å². The van der Waals surface area contributed by atoms with Crippen molar-refractivity contribution in [3.63, 3.8) is 0 Å². The van der Waals surface area contributed by atoms with Crippen molar-refractivity contribution in [1.29, 1.82) is 5.26 Å². The Morgan fingerprint density at radius 2 is 1.85 bits per heavy atom. The first kappa shape index (κ1) is 27.3. The first-order valence-corrected chi connectivity index (χ1v) is 14.8. The fourth-order valence-corrected chi connectivity index (χ4v) is 6.68. The maximum Gasteiger partial charge on any atom is 0.250 e. The van der Waals surface area contributed by atoms with Gasteiger partial charge in [0.2, 0.25) is 15.9 Å². The number of nitrogens with one attached hydrogen (secondary N) is 1. The van der Waals surface area contributed by atoms with E-state index in [4.69, 9.17) is 5.73 Å². The summed E-state index contributed by atoms with van der Waals surface area (Å²) in [6.45, 7) is 0.665. The van der Waals surface area contributed by atoms with Crippen molar-refractivity contribution < 1.29 is 27.1 Å². The van der Waals surface area contributed by atoms with Gasteiger partial charge in [-0.3, -0.25) is 14.2 Å². The highest BCUT2D eigenvalue weighted by Gasteiger charge is 2.45. The Bertz CT molecular complexity index is 1410. The summed E-state index contributed by atoms with van der Waals surface area (Å²) in [4.78, 5) is 14.6. The predicted molar refractivity (Wildman–Crippen MR) is 141 cm³/mol. The van der Waals surface area contributed by atoms with Gasteiger partial charge in [-0.25, -0.2) is 17.2 Å². The van der Waals surface area contributed by atoms with Crippen LogP contribution >= 0.6 is 0 Å². The maximum absolute atomic E-state index is 13.8. The molecule has 0 radical (unpaired) electrons. The molecule has 3 fully saturated rings. The van der Waals surface area contributed by atoms with Crippen LogP contribution in [-0.4, -0.2) is 60.6 Å². The Morgan fingerprint density at radius 1 is 1.18 bits per heavy atom. The van der Waals surface area contributed by atoms with Crippen molar-refractivity contribution in [1.82, 2.24) is 9.78 Å². The van der Waals surface area contributed by atoms with Crippen LogP contribution in [0.2, 0.25) is 0 Å². The lowest BCUT2D eigenvalue weighted by Crippen LogP contribution is -2.36. The molecule has 0 atom stereocenters. The van der Waals surface area contributed by atoms with Crippen molar-refractivity contribution in [2.45, 2.75) is 63.3 Å². The van der Waals surface area contributed by atoms with Crippen molar-refractivity contribution >= 4 is 27.3 Å². The molecule has 210 valence electrons. The summed E-state index contributed by atoms with van der Waals surface area (Å²) in [5.74, 6) is -4.00. The quantitative estimate of drug-likeness (QED) is 0.446. The molecule has 1 amide bonds. The van der Waals surface area contributed by atoms with Crippen molar-refractivity contribution in [2.24, 2.45) is 11.1 Å². The number of nitriles is 1. The summed E-state index contributed by atoms with van der Waals surface area (Å²) in [7, 11) is -3.96. The van der Waals surface area contributed by atoms with Crippen LogP contribution in [0.5, 0.6) is 0 Å². The Morgan fingerprint density at radius 3 is 2.41 bits per heavy atom. The van der Waals surface area contributed by atoms with E-state index in [9.17, 15) is 32.4 Å². The highest BCUT2D eigenvalue weighted by molar-refractivity contribution is 7.92. The van der Waals surface area contributed by atoms with Gasteiger partial charge in [0, 0.05) is 32.0 Å². The monoisotopic (exact) mass is 562 g/mol. The number of alkyl halides is 2. The fraction of sp³-hybridized carbons (Fsp3) is 0.577. The largest absolute Gasteiger partial charge is 0.395 e. The topological polar surface area (TPSA) is 154 Å². The molecule has 5 rings (SSSR count). The number of benzene rings is 1. The third-order valence-electron chi connectivity index (χ3n) is 8.31. The molecular weight excluding hydrogens is 530 g/mol. The van der Waals surface area contributed by atoms with Crippen LogP contribution < -0.4 is 15.4 Å². The molecule has 10 nitrogen and oxygen atoms in total. The highest BCUT2D eigenvalue weighted by Crippen LogP contribution is 2.55. The van der Waals surface area contributed by atoms with Crippen LogP contribution in [0.25, 0.3) is 11.3 Å². The lowest BCUT2D eigenvalue weighted by molar-refractivity contribution is -0.0450. The van der Waals surface area contributed by atoms with E-state index in [2.05, 4.69) is 15.9 Å². The number of hydrogen-bond acceptors (Lipinski definition) is 7. The molecule has 2 saturated carbocycles. The van der Waals surface area contributed by atoms with Gasteiger partial charge in [0.05, 0.1) is 46.6 Å². The van der Waals surface area contributed by atoms with Crippen molar-refractivity contribution in [3.8, 4) is 17.3 Å². The zero-order valence-electron chi connectivity index (χ0n) is 21.5. The summed E-state index contributed by atoms with van der Waals surface area (Å²) in [5.41, 5.74) is 7.50. The average molecular weight is 563 g/mol. The Kier molecular flexibility index (Phi) is 7.05. The lowest BCUT2D eigenvalue weighted by Gasteiger charge is -2.36. The number of rotatable bonds is 8. The van der Waals surface area contributed by atoms with Crippen molar-refractivity contribution in [2.75, 3.05) is 35.1 Å². The van der Waals surface area contributed by atoms with E-state index >= 15 is 0 Å². The minimum absolute atomic E-state index is 0.125. The number of primary amides is 1. The maximum atomic E-state index is 13.8. The number of nitrogens with zero attached hydrogens (tertiary/aromatic N) is 4. The number of hydrogen-bond donors (Lipinski definition) is 3. The number of nitrogens with two attached hydrogens (primary N) is 1. The first-order valence-electron chi connectivity index (χ1n) is 13.2. The van der Waals surface area contributed by atoms with Crippen LogP contribution in [0.4, 0.5) is 20.2 Å². The zero-order valence-corrected chi connectivity index (χ0v) is 22.3. The SMILES string of the molecule is N#Cc1cc(-c2c(NS(=O)(=O)CCO)ccc(C(N)=O)c2N2CCC3(CC2)CC3)nn1C1CCC(F)(F)CC1. The molecule has 39 heavy (non-hydrogen) atoms. The van der Waals surface area contributed by atoms with Gasteiger partial charge in [-0.15, -0.1) is 0 Å². The van der Waals surface area contributed by atoms with Gasteiger partial charge in [0.25, 0.3) is 5.91 Å². The van der Waals surface area contributed by atoms with Crippen molar-refractivity contribution in [3.05, 3.63) is 29.5 Å². The Hall–Kier alpha value is -3.24. The molecule has 2 aliphatic carbocycles. The summed E-state index contributed by atoms with van der Waals surface area (Å²) >= 11 is 0. The molecule has 0 bridgehead atoms. The molecule has 0 unspecified atom stereocenters. The molecule has 2 aromatic rings. The van der Waals surface area contributed by atoms with Crippen LogP contribution in [-0.2, 0) is 10.0 Å². The van der Waals surface area contributed by atoms with E-state index in [-0.39, 0.29) is 53.9 Å². The summed E-state index contributed by atoms with van der Waals surface area (Å²) in [6, 6.07) is 6.04. The van der Waals surface area contributed by atoms with E-state index in [0.29, 0.717) is 24.2 Å². The number of aromatic nitrogens is 2. The average Bonchev–Trinajstić information content (AvgIpc) is 3.49. The van der Waals surface area contributed by atoms with E-state index in [1.165, 1.54) is 22.9 Å². The smallest absolute Gasteiger partial charge is 0.250 e. The molecular formula is C26H32F2N6O4S. The molecule has 3 aliphatic rings. The normalized spacial score (nSPS) is 20.5. The molecule has 1 spiro atoms. The van der Waals surface area contributed by atoms with E-state index in [1.807, 2.05) is 4.90 Å². The van der Waals surface area contributed by atoms with Gasteiger partial charge in [-0.1, -0.05) is 0 Å². The molecule has 4 N–H and O–H groups in total. The zero-order chi connectivity index (χ0) is 28.0. The van der Waals surface area contributed by atoms with E-state index in [0.717, 1.165) is 25.7 Å². The number of carbonyl (C=O) groups excluding carboxylic acids is 1. The van der Waals surface area contributed by atoms with Gasteiger partial charge in [0.15, 0.2) is 0 Å². The molecule has 1 aromatic heterocycles. The summed E-state index contributed by atoms with van der Waals surface area (Å²) in [6.07, 6.45) is 3.80. The molecule has 1 aliphatic heterocycles. The fourth-order valence-electron chi connectivity index (χ4n) is 5.83.